The van der Waals surface area contributed by atoms with Gasteiger partial charge in [0.1, 0.15) is 5.75 Å². The number of aromatic nitrogens is 4. The summed E-state index contributed by atoms with van der Waals surface area (Å²) in [4.78, 5) is 16.7. The third-order valence-electron chi connectivity index (χ3n) is 5.78. The second-order valence-corrected chi connectivity index (χ2v) is 8.37. The average molecular weight is 463 g/mol. The predicted molar refractivity (Wildman–Crippen MR) is 125 cm³/mol. The molecule has 168 valence electrons. The van der Waals surface area contributed by atoms with E-state index < -0.39 is 0 Å². The van der Waals surface area contributed by atoms with Gasteiger partial charge in [-0.15, -0.1) is 5.10 Å². The molecule has 0 bridgehead atoms. The number of piperazine rings is 1. The molecule has 0 atom stereocenters. The van der Waals surface area contributed by atoms with Crippen molar-refractivity contribution in [1.29, 1.82) is 0 Å². The molecule has 1 amide bonds. The molecule has 2 heterocycles. The number of ether oxygens (including phenoxy) is 1. The average Bonchev–Trinajstić information content (AvgIpc) is 3.31. The highest BCUT2D eigenvalue weighted by Crippen LogP contribution is 2.21. The zero-order valence-electron chi connectivity index (χ0n) is 18.0. The lowest BCUT2D eigenvalue weighted by molar-refractivity contribution is -0.135. The van der Waals surface area contributed by atoms with Crippen LogP contribution in [0.2, 0.25) is 5.02 Å². The number of tetrazole rings is 1. The minimum atomic E-state index is -0.00573. The molecule has 3 aromatic carbocycles. The Morgan fingerprint density at radius 3 is 2.48 bits per heavy atom. The summed E-state index contributed by atoms with van der Waals surface area (Å²) in [5.74, 6) is 1.44. The van der Waals surface area contributed by atoms with Crippen LogP contribution in [0.3, 0.4) is 0 Å². The Kier molecular flexibility index (Phi) is 6.19. The number of amides is 1. The molecule has 0 radical (unpaired) electrons. The number of rotatable bonds is 6. The molecule has 8 nitrogen and oxygen atoms in total. The maximum Gasteiger partial charge on any atom is 0.260 e. The van der Waals surface area contributed by atoms with E-state index in [4.69, 9.17) is 16.3 Å². The molecule has 1 aliphatic heterocycles. The largest absolute Gasteiger partial charge is 0.484 e. The van der Waals surface area contributed by atoms with E-state index in [1.165, 1.54) is 0 Å². The number of benzene rings is 3. The Morgan fingerprint density at radius 1 is 0.939 bits per heavy atom. The lowest BCUT2D eigenvalue weighted by Crippen LogP contribution is -2.49. The number of nitrogens with zero attached hydrogens (tertiary/aromatic N) is 6. The van der Waals surface area contributed by atoms with Crippen molar-refractivity contribution in [3.63, 3.8) is 0 Å². The normalized spacial score (nSPS) is 14.5. The third kappa shape index (κ3) is 4.97. The Morgan fingerprint density at radius 2 is 1.70 bits per heavy atom. The molecular weight excluding hydrogens is 440 g/mol. The van der Waals surface area contributed by atoms with Crippen molar-refractivity contribution in [2.24, 2.45) is 0 Å². The summed E-state index contributed by atoms with van der Waals surface area (Å²) in [5.41, 5.74) is 0.860. The van der Waals surface area contributed by atoms with Gasteiger partial charge in [-0.3, -0.25) is 9.69 Å². The molecule has 5 rings (SSSR count). The minimum absolute atomic E-state index is 0.00573. The SMILES string of the molecule is O=C(COc1ccc2ccccc2c1)N1CCN(Cc2nnnn2-c2ccc(Cl)cc2)CC1. The molecular formula is C24H23ClN6O2. The summed E-state index contributed by atoms with van der Waals surface area (Å²) in [5, 5.41) is 15.0. The first-order valence-electron chi connectivity index (χ1n) is 10.8. The van der Waals surface area contributed by atoms with Crippen LogP contribution in [0.15, 0.2) is 66.7 Å². The summed E-state index contributed by atoms with van der Waals surface area (Å²) < 4.78 is 7.48. The van der Waals surface area contributed by atoms with Gasteiger partial charge in [-0.2, -0.15) is 4.68 Å². The topological polar surface area (TPSA) is 76.4 Å². The number of halogens is 1. The minimum Gasteiger partial charge on any atom is -0.484 e. The zero-order chi connectivity index (χ0) is 22.6. The maximum absolute atomic E-state index is 12.7. The van der Waals surface area contributed by atoms with E-state index in [0.717, 1.165) is 35.4 Å². The van der Waals surface area contributed by atoms with Gasteiger partial charge in [0, 0.05) is 31.2 Å². The van der Waals surface area contributed by atoms with Crippen LogP contribution in [0.4, 0.5) is 0 Å². The highest BCUT2D eigenvalue weighted by Gasteiger charge is 2.23. The van der Waals surface area contributed by atoms with Gasteiger partial charge in [0.25, 0.3) is 5.91 Å². The van der Waals surface area contributed by atoms with Gasteiger partial charge in [-0.1, -0.05) is 41.9 Å². The fraction of sp³-hybridized carbons (Fsp3) is 0.250. The molecule has 0 spiro atoms. The fourth-order valence-electron chi connectivity index (χ4n) is 3.94. The molecule has 0 saturated carbocycles. The molecule has 9 heteroatoms. The van der Waals surface area contributed by atoms with Crippen LogP contribution < -0.4 is 4.74 Å². The van der Waals surface area contributed by atoms with Gasteiger partial charge in [-0.25, -0.2) is 0 Å². The van der Waals surface area contributed by atoms with Crippen molar-refractivity contribution in [3.8, 4) is 11.4 Å². The van der Waals surface area contributed by atoms with Crippen LogP contribution in [-0.2, 0) is 11.3 Å². The molecule has 33 heavy (non-hydrogen) atoms. The molecule has 1 saturated heterocycles. The van der Waals surface area contributed by atoms with E-state index in [1.54, 1.807) is 4.68 Å². The lowest BCUT2D eigenvalue weighted by Gasteiger charge is -2.34. The number of carbonyl (C=O) groups is 1. The summed E-state index contributed by atoms with van der Waals surface area (Å²) in [6.07, 6.45) is 0. The first-order valence-corrected chi connectivity index (χ1v) is 11.2. The first kappa shape index (κ1) is 21.4. The summed E-state index contributed by atoms with van der Waals surface area (Å²) in [6.45, 7) is 3.41. The van der Waals surface area contributed by atoms with E-state index in [2.05, 4.69) is 26.5 Å². The van der Waals surface area contributed by atoms with Crippen LogP contribution in [0, 0.1) is 0 Å². The number of hydrogen-bond donors (Lipinski definition) is 0. The van der Waals surface area contributed by atoms with Gasteiger partial charge in [0.05, 0.1) is 12.2 Å². The zero-order valence-corrected chi connectivity index (χ0v) is 18.7. The van der Waals surface area contributed by atoms with Crippen molar-refractivity contribution < 1.29 is 9.53 Å². The Hall–Kier alpha value is -3.49. The van der Waals surface area contributed by atoms with Crippen LogP contribution >= 0.6 is 11.6 Å². The smallest absolute Gasteiger partial charge is 0.260 e. The van der Waals surface area contributed by atoms with E-state index in [-0.39, 0.29) is 12.5 Å². The van der Waals surface area contributed by atoms with Crippen LogP contribution in [0.5, 0.6) is 5.75 Å². The van der Waals surface area contributed by atoms with Gasteiger partial charge >= 0.3 is 0 Å². The standard InChI is InChI=1S/C24H23ClN6O2/c25-20-6-8-21(9-7-20)31-23(26-27-28-31)16-29-11-13-30(14-12-29)24(32)17-33-22-10-5-18-3-1-2-4-19(18)15-22/h1-10,15H,11-14,16-17H2. The van der Waals surface area contributed by atoms with Gasteiger partial charge in [0.15, 0.2) is 12.4 Å². The summed E-state index contributed by atoms with van der Waals surface area (Å²) >= 11 is 5.98. The Bertz CT molecular complexity index is 1250. The molecule has 0 aliphatic carbocycles. The van der Waals surface area contributed by atoms with E-state index in [9.17, 15) is 4.79 Å². The first-order chi connectivity index (χ1) is 16.2. The van der Waals surface area contributed by atoms with Crippen molar-refractivity contribution in [1.82, 2.24) is 30.0 Å². The van der Waals surface area contributed by atoms with Crippen molar-refractivity contribution in [2.45, 2.75) is 6.54 Å². The van der Waals surface area contributed by atoms with Gasteiger partial charge in [-0.05, 0) is 57.6 Å². The van der Waals surface area contributed by atoms with E-state index in [1.807, 2.05) is 65.6 Å². The molecule has 1 aromatic heterocycles. The monoisotopic (exact) mass is 462 g/mol. The fourth-order valence-corrected chi connectivity index (χ4v) is 4.06. The molecule has 0 N–H and O–H groups in total. The second kappa shape index (κ2) is 9.56. The van der Waals surface area contributed by atoms with Crippen LogP contribution in [0.1, 0.15) is 5.82 Å². The molecule has 1 aliphatic rings. The molecule has 4 aromatic rings. The summed E-state index contributed by atoms with van der Waals surface area (Å²) in [7, 11) is 0. The number of fused-ring (bicyclic) bond motifs is 1. The lowest BCUT2D eigenvalue weighted by atomic mass is 10.1. The highest BCUT2D eigenvalue weighted by atomic mass is 35.5. The van der Waals surface area contributed by atoms with Gasteiger partial charge in [0.2, 0.25) is 0 Å². The Labute approximate surface area is 196 Å². The van der Waals surface area contributed by atoms with Crippen LogP contribution in [-0.4, -0.2) is 68.7 Å². The quantitative estimate of drug-likeness (QED) is 0.438. The van der Waals surface area contributed by atoms with Gasteiger partial charge < -0.3 is 9.64 Å². The Balaban J connectivity index is 1.13. The van der Waals surface area contributed by atoms with Crippen molar-refractivity contribution >= 4 is 28.3 Å². The van der Waals surface area contributed by atoms with Crippen molar-refractivity contribution in [2.75, 3.05) is 32.8 Å². The number of hydrogen-bond acceptors (Lipinski definition) is 6. The summed E-state index contributed by atoms with van der Waals surface area (Å²) in [6, 6.07) is 21.3. The molecule has 1 fully saturated rings. The number of carbonyl (C=O) groups excluding carboxylic acids is 1. The third-order valence-corrected chi connectivity index (χ3v) is 6.03. The maximum atomic E-state index is 12.7. The van der Waals surface area contributed by atoms with Crippen LogP contribution in [0.25, 0.3) is 16.5 Å². The predicted octanol–water partition coefficient (Wildman–Crippen LogP) is 3.19. The molecule has 0 unspecified atom stereocenters. The van der Waals surface area contributed by atoms with E-state index in [0.29, 0.717) is 30.4 Å². The van der Waals surface area contributed by atoms with Crippen molar-refractivity contribution in [3.05, 3.63) is 77.6 Å². The highest BCUT2D eigenvalue weighted by molar-refractivity contribution is 6.30. The second-order valence-electron chi connectivity index (χ2n) is 7.94. The van der Waals surface area contributed by atoms with E-state index >= 15 is 0 Å².